The molecule has 2 fully saturated rings. The number of benzene rings is 2. The van der Waals surface area contributed by atoms with E-state index < -0.39 is 29.5 Å². The lowest BCUT2D eigenvalue weighted by atomic mass is 10.0. The van der Waals surface area contributed by atoms with E-state index in [0.717, 1.165) is 24.8 Å². The molecule has 0 bridgehead atoms. The van der Waals surface area contributed by atoms with Crippen LogP contribution in [-0.2, 0) is 29.0 Å². The number of ether oxygens (including phenoxy) is 2. The monoisotopic (exact) mass is 449 g/mol. The lowest BCUT2D eigenvalue weighted by molar-refractivity contribution is -0.144. The average molecular weight is 450 g/mol. The molecule has 2 aromatic rings. The highest BCUT2D eigenvalue weighted by molar-refractivity contribution is 6.42. The predicted molar refractivity (Wildman–Crippen MR) is 113 cm³/mol. The van der Waals surface area contributed by atoms with Gasteiger partial charge < -0.3 is 15.2 Å². The van der Waals surface area contributed by atoms with E-state index in [1.165, 1.54) is 11.1 Å². The Labute approximate surface area is 184 Å². The van der Waals surface area contributed by atoms with Crippen molar-refractivity contribution in [3.05, 3.63) is 63.1 Å². The number of esters is 1. The van der Waals surface area contributed by atoms with Crippen molar-refractivity contribution in [2.45, 2.75) is 50.1 Å². The third kappa shape index (κ3) is 3.32. The Morgan fingerprint density at radius 2 is 1.93 bits per heavy atom. The maximum absolute atomic E-state index is 15.4. The van der Waals surface area contributed by atoms with Crippen LogP contribution >= 0.6 is 23.2 Å². The Morgan fingerprint density at radius 3 is 2.67 bits per heavy atom. The lowest BCUT2D eigenvalue weighted by Gasteiger charge is -2.23. The molecule has 0 aliphatic heterocycles. The van der Waals surface area contributed by atoms with Crippen molar-refractivity contribution < 1.29 is 18.7 Å². The van der Waals surface area contributed by atoms with Crippen LogP contribution in [0.2, 0.25) is 10.0 Å². The molecule has 2 aromatic carbocycles. The van der Waals surface area contributed by atoms with E-state index in [1.807, 2.05) is 18.2 Å². The van der Waals surface area contributed by atoms with Crippen LogP contribution in [0.25, 0.3) is 0 Å². The third-order valence-electron chi connectivity index (χ3n) is 6.72. The Bertz CT molecular complexity index is 1020. The van der Waals surface area contributed by atoms with Gasteiger partial charge in [0.2, 0.25) is 5.67 Å². The van der Waals surface area contributed by atoms with Crippen LogP contribution in [0.3, 0.4) is 0 Å². The molecule has 4 nitrogen and oxygen atoms in total. The predicted octanol–water partition coefficient (Wildman–Crippen LogP) is 4.66. The van der Waals surface area contributed by atoms with Crippen LogP contribution < -0.4 is 10.5 Å². The molecule has 158 valence electrons. The second kappa shape index (κ2) is 7.49. The van der Waals surface area contributed by atoms with Crippen LogP contribution in [0.1, 0.15) is 29.5 Å². The van der Waals surface area contributed by atoms with Gasteiger partial charge in [0, 0.05) is 17.9 Å². The molecule has 0 saturated heterocycles. The maximum atomic E-state index is 15.4. The molecule has 3 aliphatic carbocycles. The normalized spacial score (nSPS) is 31.3. The minimum atomic E-state index is -2.03. The first-order chi connectivity index (χ1) is 14.4. The fourth-order valence-corrected chi connectivity index (χ4v) is 5.37. The number of rotatable bonds is 5. The fraction of sp³-hybridized carbons (Fsp3) is 0.435. The zero-order chi connectivity index (χ0) is 21.0. The van der Waals surface area contributed by atoms with E-state index in [0.29, 0.717) is 28.8 Å². The van der Waals surface area contributed by atoms with E-state index >= 15 is 4.39 Å². The highest BCUT2D eigenvalue weighted by Gasteiger charge is 2.78. The molecule has 5 unspecified atom stereocenters. The van der Waals surface area contributed by atoms with E-state index in [-0.39, 0.29) is 6.10 Å². The highest BCUT2D eigenvalue weighted by atomic mass is 35.5. The first kappa shape index (κ1) is 20.3. The number of halogens is 3. The molecule has 3 aliphatic rings. The third-order valence-corrected chi connectivity index (χ3v) is 7.46. The number of hydrogen-bond donors (Lipinski definition) is 1. The molecule has 0 amide bonds. The largest absolute Gasteiger partial charge is 0.424 e. The number of nitrogens with two attached hydrogens (primary N) is 1. The second-order valence-corrected chi connectivity index (χ2v) is 9.30. The van der Waals surface area contributed by atoms with Crippen molar-refractivity contribution in [2.75, 3.05) is 0 Å². The summed E-state index contributed by atoms with van der Waals surface area (Å²) in [5.41, 5.74) is 7.53. The zero-order valence-corrected chi connectivity index (χ0v) is 17.8. The van der Waals surface area contributed by atoms with Gasteiger partial charge in [-0.25, -0.2) is 9.18 Å². The van der Waals surface area contributed by atoms with E-state index in [1.54, 1.807) is 18.2 Å². The average Bonchev–Trinajstić information content (AvgIpc) is 3.02. The van der Waals surface area contributed by atoms with Gasteiger partial charge in [0.05, 0.1) is 22.8 Å². The van der Waals surface area contributed by atoms with Crippen LogP contribution in [0.15, 0.2) is 36.4 Å². The summed E-state index contributed by atoms with van der Waals surface area (Å²) in [6.07, 6.45) is 3.19. The van der Waals surface area contributed by atoms with Crippen LogP contribution in [-0.4, -0.2) is 23.8 Å². The van der Waals surface area contributed by atoms with E-state index in [4.69, 9.17) is 38.4 Å². The molecule has 0 spiro atoms. The molecule has 2 N–H and O–H groups in total. The minimum absolute atomic E-state index is 0.299. The Kier molecular flexibility index (Phi) is 5.05. The first-order valence-electron chi connectivity index (χ1n) is 10.2. The molecule has 5 rings (SSSR count). The van der Waals surface area contributed by atoms with Gasteiger partial charge in [-0.3, -0.25) is 0 Å². The molecule has 2 saturated carbocycles. The summed E-state index contributed by atoms with van der Waals surface area (Å²) >= 11 is 11.9. The first-order valence-corrected chi connectivity index (χ1v) is 11.0. The van der Waals surface area contributed by atoms with Gasteiger partial charge in [-0.05, 0) is 66.6 Å². The molecule has 30 heavy (non-hydrogen) atoms. The van der Waals surface area contributed by atoms with Crippen molar-refractivity contribution in [2.24, 2.45) is 17.6 Å². The zero-order valence-electron chi connectivity index (χ0n) is 16.2. The summed E-state index contributed by atoms with van der Waals surface area (Å²) in [5.74, 6) is -1.47. The Balaban J connectivity index is 1.19. The van der Waals surface area contributed by atoms with Crippen LogP contribution in [0, 0.1) is 11.8 Å². The molecule has 0 aromatic heterocycles. The molecular formula is C23H22Cl2FNO3. The molecule has 0 radical (unpaired) electrons. The topological polar surface area (TPSA) is 61.5 Å². The van der Waals surface area contributed by atoms with Gasteiger partial charge in [-0.2, -0.15) is 0 Å². The van der Waals surface area contributed by atoms with Gasteiger partial charge in [0.15, 0.2) is 0 Å². The van der Waals surface area contributed by atoms with E-state index in [9.17, 15) is 4.79 Å². The summed E-state index contributed by atoms with van der Waals surface area (Å²) in [7, 11) is 0. The van der Waals surface area contributed by atoms with Gasteiger partial charge in [-0.15, -0.1) is 0 Å². The summed E-state index contributed by atoms with van der Waals surface area (Å²) in [5, 5.41) is 0.928. The second-order valence-electron chi connectivity index (χ2n) is 8.48. The lowest BCUT2D eigenvalue weighted by Crippen LogP contribution is -2.42. The quantitative estimate of drug-likeness (QED) is 0.532. The van der Waals surface area contributed by atoms with Crippen molar-refractivity contribution in [1.29, 1.82) is 0 Å². The molecule has 5 atom stereocenters. The fourth-order valence-electron chi connectivity index (χ4n) is 5.05. The van der Waals surface area contributed by atoms with Crippen molar-refractivity contribution in [1.82, 2.24) is 0 Å². The molecule has 7 heteroatoms. The summed E-state index contributed by atoms with van der Waals surface area (Å²) in [6, 6.07) is 10.3. The van der Waals surface area contributed by atoms with E-state index in [2.05, 4.69) is 0 Å². The smallest absolute Gasteiger partial charge is 0.349 e. The van der Waals surface area contributed by atoms with Gasteiger partial charge in [-0.1, -0.05) is 35.3 Å². The van der Waals surface area contributed by atoms with Crippen molar-refractivity contribution in [3.63, 3.8) is 0 Å². The number of carbonyl (C=O) groups is 1. The number of fused-ring (bicyclic) bond motifs is 2. The van der Waals surface area contributed by atoms with Crippen LogP contribution in [0.4, 0.5) is 4.39 Å². The van der Waals surface area contributed by atoms with Gasteiger partial charge in [0.25, 0.3) is 0 Å². The standard InChI is InChI=1S/C23H22Cl2FNO3/c24-17-7-4-12(8-18(17)25)11-29-19-10-16-20(21(19)27)23(16,26)22(28)30-15-6-5-13-2-1-3-14(13)9-15/h4-9,16,19-21H,1-3,10-11,27H2. The van der Waals surface area contributed by atoms with Gasteiger partial charge >= 0.3 is 5.97 Å². The SMILES string of the molecule is NC1C(OCc2ccc(Cl)c(Cl)c2)CC2C1C2(F)C(=O)Oc1ccc2c(c1)CCC2. The molecular weight excluding hydrogens is 428 g/mol. The minimum Gasteiger partial charge on any atom is -0.424 e. The Morgan fingerprint density at radius 1 is 1.13 bits per heavy atom. The molecule has 0 heterocycles. The summed E-state index contributed by atoms with van der Waals surface area (Å²) in [4.78, 5) is 12.6. The summed E-state index contributed by atoms with van der Waals surface area (Å²) in [6.45, 7) is 0.299. The number of aryl methyl sites for hydroxylation is 2. The van der Waals surface area contributed by atoms with Crippen molar-refractivity contribution in [3.8, 4) is 5.75 Å². The number of hydrogen-bond acceptors (Lipinski definition) is 4. The highest BCUT2D eigenvalue weighted by Crippen LogP contribution is 2.63. The summed E-state index contributed by atoms with van der Waals surface area (Å²) < 4.78 is 26.7. The Hall–Kier alpha value is -1.66. The van der Waals surface area contributed by atoms with Crippen molar-refractivity contribution >= 4 is 29.2 Å². The number of alkyl halides is 1. The van der Waals surface area contributed by atoms with Gasteiger partial charge in [0.1, 0.15) is 5.75 Å². The number of carbonyl (C=O) groups excluding carboxylic acids is 1. The maximum Gasteiger partial charge on any atom is 0.349 e. The van der Waals surface area contributed by atoms with Crippen LogP contribution in [0.5, 0.6) is 5.75 Å².